The van der Waals surface area contributed by atoms with Gasteiger partial charge < -0.3 is 5.32 Å². The zero-order valence-electron chi connectivity index (χ0n) is 5.42. The van der Waals surface area contributed by atoms with Crippen molar-refractivity contribution in [3.8, 4) is 0 Å². The molecule has 0 aromatic carbocycles. The highest BCUT2D eigenvalue weighted by Gasteiger charge is 2.03. The Bertz CT molecular complexity index is 112. The summed E-state index contributed by atoms with van der Waals surface area (Å²) in [5.74, 6) is -0.0572. The van der Waals surface area contributed by atoms with Crippen molar-refractivity contribution < 1.29 is 4.79 Å². The summed E-state index contributed by atoms with van der Waals surface area (Å²) < 4.78 is 0. The fourth-order valence-electron chi connectivity index (χ4n) is 0.320. The molecule has 0 radical (unpaired) electrons. The molecule has 0 rings (SSSR count). The van der Waals surface area contributed by atoms with Gasteiger partial charge in [0.1, 0.15) is 0 Å². The van der Waals surface area contributed by atoms with Gasteiger partial charge in [-0.15, -0.1) is 6.58 Å². The molecule has 0 heterocycles. The normalized spacial score (nSPS) is 12.2. The Morgan fingerprint density at radius 1 is 2.00 bits per heavy atom. The Morgan fingerprint density at radius 3 is 2.89 bits per heavy atom. The minimum absolute atomic E-state index is 0.0572. The largest absolute Gasteiger partial charge is 0.352 e. The first-order valence-electron chi connectivity index (χ1n) is 2.75. The SMILES string of the molecule is C=CCNC(=O)C(C)S. The van der Waals surface area contributed by atoms with Gasteiger partial charge in [-0.3, -0.25) is 4.79 Å². The molecule has 52 valence electrons. The molecule has 0 saturated heterocycles. The summed E-state index contributed by atoms with van der Waals surface area (Å²) in [6.07, 6.45) is 1.63. The molecule has 1 N–H and O–H groups in total. The minimum Gasteiger partial charge on any atom is -0.352 e. The number of thiol groups is 1. The third-order valence-electron chi connectivity index (χ3n) is 0.800. The molecule has 0 aliphatic rings. The molecule has 1 amide bonds. The fourth-order valence-corrected chi connectivity index (χ4v) is 0.412. The van der Waals surface area contributed by atoms with Crippen molar-refractivity contribution >= 4 is 18.5 Å². The topological polar surface area (TPSA) is 29.1 Å². The maximum Gasteiger partial charge on any atom is 0.232 e. The summed E-state index contributed by atoms with van der Waals surface area (Å²) in [6.45, 7) is 5.69. The van der Waals surface area contributed by atoms with Gasteiger partial charge in [-0.25, -0.2) is 0 Å². The third-order valence-corrected chi connectivity index (χ3v) is 1.03. The number of hydrogen-bond acceptors (Lipinski definition) is 2. The van der Waals surface area contributed by atoms with E-state index in [-0.39, 0.29) is 11.2 Å². The van der Waals surface area contributed by atoms with Gasteiger partial charge in [-0.2, -0.15) is 12.6 Å². The summed E-state index contributed by atoms with van der Waals surface area (Å²) in [5, 5.41) is 2.37. The number of carbonyl (C=O) groups is 1. The standard InChI is InChI=1S/C6H11NOS/c1-3-4-7-6(8)5(2)9/h3,5,9H,1,4H2,2H3,(H,7,8). The molecule has 0 fully saturated rings. The highest BCUT2D eigenvalue weighted by molar-refractivity contribution is 7.81. The van der Waals surface area contributed by atoms with E-state index in [2.05, 4.69) is 24.5 Å². The number of hydrogen-bond donors (Lipinski definition) is 2. The van der Waals surface area contributed by atoms with Crippen molar-refractivity contribution in [1.82, 2.24) is 5.32 Å². The first-order valence-corrected chi connectivity index (χ1v) is 3.26. The second-order valence-electron chi connectivity index (χ2n) is 1.71. The van der Waals surface area contributed by atoms with E-state index in [4.69, 9.17) is 0 Å². The van der Waals surface area contributed by atoms with Crippen LogP contribution in [0.1, 0.15) is 6.92 Å². The Morgan fingerprint density at radius 2 is 2.56 bits per heavy atom. The molecule has 2 nitrogen and oxygen atoms in total. The average molecular weight is 145 g/mol. The van der Waals surface area contributed by atoms with Gasteiger partial charge in [0, 0.05) is 6.54 Å². The molecule has 0 aliphatic heterocycles. The molecule has 0 spiro atoms. The summed E-state index contributed by atoms with van der Waals surface area (Å²) in [7, 11) is 0. The van der Waals surface area contributed by atoms with Crippen molar-refractivity contribution in [2.24, 2.45) is 0 Å². The highest BCUT2D eigenvalue weighted by Crippen LogP contribution is 1.89. The molecule has 0 aromatic heterocycles. The van der Waals surface area contributed by atoms with E-state index < -0.39 is 0 Å². The molecule has 0 saturated carbocycles. The smallest absolute Gasteiger partial charge is 0.232 e. The summed E-state index contributed by atoms with van der Waals surface area (Å²) >= 11 is 3.92. The van der Waals surface area contributed by atoms with Crippen LogP contribution in [-0.2, 0) is 4.79 Å². The Kier molecular flexibility index (Phi) is 4.22. The van der Waals surface area contributed by atoms with E-state index in [1.54, 1.807) is 13.0 Å². The van der Waals surface area contributed by atoms with Crippen LogP contribution in [0.4, 0.5) is 0 Å². The lowest BCUT2D eigenvalue weighted by molar-refractivity contribution is -0.120. The second kappa shape index (κ2) is 4.44. The Balaban J connectivity index is 3.38. The monoisotopic (exact) mass is 145 g/mol. The molecule has 0 bridgehead atoms. The van der Waals surface area contributed by atoms with E-state index >= 15 is 0 Å². The van der Waals surface area contributed by atoms with Gasteiger partial charge >= 0.3 is 0 Å². The first-order chi connectivity index (χ1) is 4.18. The predicted octanol–water partition coefficient (Wildman–Crippen LogP) is 0.607. The van der Waals surface area contributed by atoms with Crippen molar-refractivity contribution in [2.75, 3.05) is 6.54 Å². The van der Waals surface area contributed by atoms with Crippen molar-refractivity contribution in [3.63, 3.8) is 0 Å². The Labute approximate surface area is 60.7 Å². The quantitative estimate of drug-likeness (QED) is 0.442. The van der Waals surface area contributed by atoms with E-state index in [1.165, 1.54) is 0 Å². The van der Waals surface area contributed by atoms with Crippen LogP contribution < -0.4 is 5.32 Å². The van der Waals surface area contributed by atoms with Gasteiger partial charge in [-0.1, -0.05) is 6.08 Å². The van der Waals surface area contributed by atoms with E-state index in [0.717, 1.165) is 0 Å². The second-order valence-corrected chi connectivity index (χ2v) is 2.48. The molecular weight excluding hydrogens is 134 g/mol. The number of amides is 1. The molecule has 9 heavy (non-hydrogen) atoms. The molecule has 0 aliphatic carbocycles. The third kappa shape index (κ3) is 4.09. The van der Waals surface area contributed by atoms with Crippen molar-refractivity contribution in [3.05, 3.63) is 12.7 Å². The van der Waals surface area contributed by atoms with Crippen LogP contribution in [0.15, 0.2) is 12.7 Å². The lowest BCUT2D eigenvalue weighted by atomic mass is 10.4. The van der Waals surface area contributed by atoms with Crippen LogP contribution in [0.25, 0.3) is 0 Å². The summed E-state index contributed by atoms with van der Waals surface area (Å²) in [6, 6.07) is 0. The summed E-state index contributed by atoms with van der Waals surface area (Å²) in [5.41, 5.74) is 0. The number of rotatable bonds is 3. The predicted molar refractivity (Wildman–Crippen MR) is 41.7 cm³/mol. The fraction of sp³-hybridized carbons (Fsp3) is 0.500. The van der Waals surface area contributed by atoms with E-state index in [9.17, 15) is 4.79 Å². The molecule has 3 heteroatoms. The van der Waals surface area contributed by atoms with Crippen molar-refractivity contribution in [1.29, 1.82) is 0 Å². The molecule has 1 unspecified atom stereocenters. The molecular formula is C6H11NOS. The van der Waals surface area contributed by atoms with Crippen LogP contribution in [0, 0.1) is 0 Å². The van der Waals surface area contributed by atoms with Gasteiger partial charge in [0.25, 0.3) is 0 Å². The summed E-state index contributed by atoms with van der Waals surface area (Å²) in [4.78, 5) is 10.7. The maximum absolute atomic E-state index is 10.7. The zero-order chi connectivity index (χ0) is 7.28. The van der Waals surface area contributed by atoms with Gasteiger partial charge in [-0.05, 0) is 6.92 Å². The van der Waals surface area contributed by atoms with Crippen LogP contribution in [0.2, 0.25) is 0 Å². The van der Waals surface area contributed by atoms with E-state index in [1.807, 2.05) is 0 Å². The number of nitrogens with one attached hydrogen (secondary N) is 1. The van der Waals surface area contributed by atoms with Gasteiger partial charge in [0.15, 0.2) is 0 Å². The lowest BCUT2D eigenvalue weighted by Crippen LogP contribution is -2.29. The van der Waals surface area contributed by atoms with E-state index in [0.29, 0.717) is 6.54 Å². The lowest BCUT2D eigenvalue weighted by Gasteiger charge is -2.02. The molecule has 1 atom stereocenters. The highest BCUT2D eigenvalue weighted by atomic mass is 32.1. The van der Waals surface area contributed by atoms with Gasteiger partial charge in [0.05, 0.1) is 5.25 Å². The van der Waals surface area contributed by atoms with Gasteiger partial charge in [0.2, 0.25) is 5.91 Å². The number of carbonyl (C=O) groups excluding carboxylic acids is 1. The Hall–Kier alpha value is -0.440. The zero-order valence-corrected chi connectivity index (χ0v) is 6.32. The molecule has 0 aromatic rings. The van der Waals surface area contributed by atoms with Crippen LogP contribution in [0.3, 0.4) is 0 Å². The minimum atomic E-state index is -0.232. The van der Waals surface area contributed by atoms with Crippen molar-refractivity contribution in [2.45, 2.75) is 12.2 Å². The maximum atomic E-state index is 10.7. The van der Waals surface area contributed by atoms with Crippen LogP contribution in [-0.4, -0.2) is 17.7 Å². The average Bonchev–Trinajstić information content (AvgIpc) is 1.82. The van der Waals surface area contributed by atoms with Crippen LogP contribution in [0.5, 0.6) is 0 Å². The van der Waals surface area contributed by atoms with Crippen LogP contribution >= 0.6 is 12.6 Å². The first kappa shape index (κ1) is 8.56.